The van der Waals surface area contributed by atoms with Crippen LogP contribution in [0, 0.1) is 11.6 Å². The molecule has 0 N–H and O–H groups in total. The molecule has 15 heavy (non-hydrogen) atoms. The number of rotatable bonds is 2. The highest BCUT2D eigenvalue weighted by molar-refractivity contribution is 5.60. The summed E-state index contributed by atoms with van der Waals surface area (Å²) < 4.78 is 27.1. The molecule has 76 valence electrons. The summed E-state index contributed by atoms with van der Waals surface area (Å²) >= 11 is 0. The molecule has 0 aliphatic rings. The minimum atomic E-state index is -0.605. The zero-order chi connectivity index (χ0) is 10.7. The Morgan fingerprint density at radius 2 is 2.13 bits per heavy atom. The van der Waals surface area contributed by atoms with Crippen molar-refractivity contribution in [1.29, 1.82) is 0 Å². The SMILES string of the molecule is Fc1ccc(/C=C/n2cncn2)c(F)c1. The second-order valence-corrected chi connectivity index (χ2v) is 2.86. The summed E-state index contributed by atoms with van der Waals surface area (Å²) in [6, 6.07) is 3.39. The van der Waals surface area contributed by atoms with Crippen LogP contribution in [0.4, 0.5) is 8.78 Å². The first-order valence-electron chi connectivity index (χ1n) is 4.23. The summed E-state index contributed by atoms with van der Waals surface area (Å²) in [4.78, 5) is 3.72. The van der Waals surface area contributed by atoms with Gasteiger partial charge in [0.2, 0.25) is 0 Å². The van der Waals surface area contributed by atoms with Crippen molar-refractivity contribution in [2.24, 2.45) is 0 Å². The van der Waals surface area contributed by atoms with Gasteiger partial charge in [0.25, 0.3) is 0 Å². The first-order chi connectivity index (χ1) is 7.25. The lowest BCUT2D eigenvalue weighted by Gasteiger charge is -1.96. The smallest absolute Gasteiger partial charge is 0.138 e. The van der Waals surface area contributed by atoms with Crippen LogP contribution in [0.25, 0.3) is 12.3 Å². The van der Waals surface area contributed by atoms with Gasteiger partial charge in [0.05, 0.1) is 0 Å². The predicted octanol–water partition coefficient (Wildman–Crippen LogP) is 2.18. The Morgan fingerprint density at radius 1 is 1.27 bits per heavy atom. The molecule has 0 aliphatic carbocycles. The van der Waals surface area contributed by atoms with Gasteiger partial charge in [-0.1, -0.05) is 0 Å². The van der Waals surface area contributed by atoms with Crippen molar-refractivity contribution in [3.63, 3.8) is 0 Å². The average Bonchev–Trinajstić information content (AvgIpc) is 2.69. The zero-order valence-corrected chi connectivity index (χ0v) is 7.64. The van der Waals surface area contributed by atoms with Crippen LogP contribution in [-0.4, -0.2) is 14.8 Å². The molecule has 0 bridgehead atoms. The third-order valence-electron chi connectivity index (χ3n) is 1.81. The summed E-state index contributed by atoms with van der Waals surface area (Å²) in [5.41, 5.74) is 0.298. The molecule has 0 aliphatic heterocycles. The van der Waals surface area contributed by atoms with Gasteiger partial charge in [-0.2, -0.15) is 5.10 Å². The topological polar surface area (TPSA) is 30.7 Å². The lowest BCUT2D eigenvalue weighted by Crippen LogP contribution is -1.87. The first kappa shape index (κ1) is 9.51. The van der Waals surface area contributed by atoms with Gasteiger partial charge in [0, 0.05) is 17.8 Å². The highest BCUT2D eigenvalue weighted by Crippen LogP contribution is 2.11. The van der Waals surface area contributed by atoms with Gasteiger partial charge < -0.3 is 0 Å². The molecule has 2 aromatic rings. The molecule has 1 heterocycles. The van der Waals surface area contributed by atoms with Gasteiger partial charge in [-0.05, 0) is 18.2 Å². The minimum Gasteiger partial charge on any atom is -0.228 e. The van der Waals surface area contributed by atoms with Crippen molar-refractivity contribution < 1.29 is 8.78 Å². The Kier molecular flexibility index (Phi) is 2.53. The Bertz CT molecular complexity index is 477. The molecular formula is C10H7F2N3. The molecular weight excluding hydrogens is 200 g/mol. The number of hydrogen-bond acceptors (Lipinski definition) is 2. The van der Waals surface area contributed by atoms with Crippen LogP contribution in [0.1, 0.15) is 5.56 Å². The Labute approximate surface area is 84.7 Å². The monoisotopic (exact) mass is 207 g/mol. The zero-order valence-electron chi connectivity index (χ0n) is 7.64. The molecule has 0 radical (unpaired) electrons. The molecule has 1 aromatic heterocycles. The Hall–Kier alpha value is -2.04. The fourth-order valence-corrected chi connectivity index (χ4v) is 1.09. The highest BCUT2D eigenvalue weighted by atomic mass is 19.1. The van der Waals surface area contributed by atoms with E-state index >= 15 is 0 Å². The minimum absolute atomic E-state index is 0.298. The van der Waals surface area contributed by atoms with Crippen LogP contribution < -0.4 is 0 Å². The van der Waals surface area contributed by atoms with Crippen molar-refractivity contribution in [2.45, 2.75) is 0 Å². The molecule has 0 atom stereocenters. The lowest BCUT2D eigenvalue weighted by atomic mass is 10.2. The Morgan fingerprint density at radius 3 is 2.80 bits per heavy atom. The molecule has 0 amide bonds. The summed E-state index contributed by atoms with van der Waals surface area (Å²) in [5, 5.41) is 3.80. The molecule has 0 unspecified atom stereocenters. The highest BCUT2D eigenvalue weighted by Gasteiger charge is 1.99. The van der Waals surface area contributed by atoms with Gasteiger partial charge in [-0.15, -0.1) is 0 Å². The van der Waals surface area contributed by atoms with Crippen molar-refractivity contribution in [1.82, 2.24) is 14.8 Å². The molecule has 0 saturated carbocycles. The Balaban J connectivity index is 2.24. The summed E-state index contributed by atoms with van der Waals surface area (Å²) in [7, 11) is 0. The van der Waals surface area contributed by atoms with Crippen LogP contribution in [0.15, 0.2) is 30.9 Å². The average molecular weight is 207 g/mol. The van der Waals surface area contributed by atoms with Gasteiger partial charge in [0.1, 0.15) is 24.3 Å². The maximum absolute atomic E-state index is 13.1. The predicted molar refractivity (Wildman–Crippen MR) is 51.6 cm³/mol. The van der Waals surface area contributed by atoms with E-state index in [4.69, 9.17) is 0 Å². The molecule has 0 fully saturated rings. The molecule has 0 spiro atoms. The summed E-state index contributed by atoms with van der Waals surface area (Å²) in [5.74, 6) is -1.20. The number of halogens is 2. The number of benzene rings is 1. The van der Waals surface area contributed by atoms with E-state index in [0.717, 1.165) is 6.07 Å². The van der Waals surface area contributed by atoms with Crippen molar-refractivity contribution >= 4 is 12.3 Å². The van der Waals surface area contributed by atoms with Crippen molar-refractivity contribution in [3.05, 3.63) is 48.1 Å². The van der Waals surface area contributed by atoms with Crippen LogP contribution in [0.3, 0.4) is 0 Å². The van der Waals surface area contributed by atoms with Crippen LogP contribution in [-0.2, 0) is 0 Å². The quantitative estimate of drug-likeness (QED) is 0.755. The van der Waals surface area contributed by atoms with E-state index in [1.165, 1.54) is 41.7 Å². The largest absolute Gasteiger partial charge is 0.228 e. The summed E-state index contributed by atoms with van der Waals surface area (Å²) in [6.45, 7) is 0. The van der Waals surface area contributed by atoms with E-state index in [1.807, 2.05) is 0 Å². The van der Waals surface area contributed by atoms with E-state index in [0.29, 0.717) is 5.56 Å². The van der Waals surface area contributed by atoms with E-state index in [-0.39, 0.29) is 0 Å². The maximum atomic E-state index is 13.1. The van der Waals surface area contributed by atoms with Gasteiger partial charge in [-0.3, -0.25) is 0 Å². The van der Waals surface area contributed by atoms with Crippen molar-refractivity contribution in [3.8, 4) is 0 Å². The second kappa shape index (κ2) is 4.00. The van der Waals surface area contributed by atoms with Crippen LogP contribution >= 0.6 is 0 Å². The molecule has 3 nitrogen and oxygen atoms in total. The van der Waals surface area contributed by atoms with E-state index in [9.17, 15) is 8.78 Å². The van der Waals surface area contributed by atoms with Gasteiger partial charge in [0.15, 0.2) is 0 Å². The summed E-state index contributed by atoms with van der Waals surface area (Å²) in [6.07, 6.45) is 5.86. The molecule has 5 heteroatoms. The van der Waals surface area contributed by atoms with Crippen LogP contribution in [0.5, 0.6) is 0 Å². The molecule has 0 saturated heterocycles. The second-order valence-electron chi connectivity index (χ2n) is 2.86. The fourth-order valence-electron chi connectivity index (χ4n) is 1.09. The van der Waals surface area contributed by atoms with E-state index < -0.39 is 11.6 Å². The number of hydrogen-bond donors (Lipinski definition) is 0. The third-order valence-corrected chi connectivity index (χ3v) is 1.81. The van der Waals surface area contributed by atoms with E-state index in [1.54, 1.807) is 0 Å². The third kappa shape index (κ3) is 2.25. The first-order valence-corrected chi connectivity index (χ1v) is 4.23. The molecule has 1 aromatic carbocycles. The molecule has 2 rings (SSSR count). The fraction of sp³-hybridized carbons (Fsp3) is 0. The van der Waals surface area contributed by atoms with E-state index in [2.05, 4.69) is 10.1 Å². The number of nitrogens with zero attached hydrogens (tertiary/aromatic N) is 3. The van der Waals surface area contributed by atoms with Gasteiger partial charge in [-0.25, -0.2) is 18.4 Å². The van der Waals surface area contributed by atoms with Crippen molar-refractivity contribution in [2.75, 3.05) is 0 Å². The maximum Gasteiger partial charge on any atom is 0.138 e. The standard InChI is InChI=1S/C10H7F2N3/c11-9-2-1-8(10(12)5-9)3-4-15-7-13-6-14-15/h1-7H/b4-3+. The normalized spacial score (nSPS) is 11.1. The van der Waals surface area contributed by atoms with Gasteiger partial charge >= 0.3 is 0 Å². The number of aromatic nitrogens is 3. The lowest BCUT2D eigenvalue weighted by molar-refractivity contribution is 0.581. The van der Waals surface area contributed by atoms with Crippen LogP contribution in [0.2, 0.25) is 0 Å².